The summed E-state index contributed by atoms with van der Waals surface area (Å²) in [6.45, 7) is -2.43. The molecule has 0 aliphatic heterocycles. The van der Waals surface area contributed by atoms with Gasteiger partial charge in [0.1, 0.15) is 0 Å². The minimum atomic E-state index is -2.43. The molecule has 0 aromatic heterocycles. The van der Waals surface area contributed by atoms with Crippen molar-refractivity contribution in [2.45, 2.75) is 0 Å². The molecule has 0 aliphatic rings. The average molecular weight is 264 g/mol. The van der Waals surface area contributed by atoms with Crippen molar-refractivity contribution >= 4 is 28.5 Å². The van der Waals surface area contributed by atoms with Gasteiger partial charge in [-0.3, -0.25) is 4.79 Å². The highest BCUT2D eigenvalue weighted by atomic mass is 127. The fourth-order valence-corrected chi connectivity index (χ4v) is 1.03. The number of amides is 1. The molecule has 1 aromatic rings. The van der Waals surface area contributed by atoms with Gasteiger partial charge in [0.05, 0.1) is 0 Å². The second-order valence-electron chi connectivity index (χ2n) is 1.96. The van der Waals surface area contributed by atoms with Gasteiger partial charge >= 0.3 is 0 Å². The zero-order valence-corrected chi connectivity index (χ0v) is 7.75. The first-order valence-corrected chi connectivity index (χ1v) is 4.04. The van der Waals surface area contributed by atoms with Crippen LogP contribution in [-0.2, 0) is 0 Å². The zero-order valence-electron chi connectivity index (χ0n) is 8.60. The van der Waals surface area contributed by atoms with E-state index in [1.165, 1.54) is 0 Å². The minimum Gasteiger partial charge on any atom is -0.355 e. The summed E-state index contributed by atoms with van der Waals surface area (Å²) in [5.41, 5.74) is 0.349. The van der Waals surface area contributed by atoms with Gasteiger partial charge in [0.2, 0.25) is 0 Å². The van der Waals surface area contributed by atoms with Crippen LogP contribution in [0.5, 0.6) is 0 Å². The minimum absolute atomic E-state index is 0.349. The van der Waals surface area contributed by atoms with Crippen LogP contribution in [0, 0.1) is 3.57 Å². The first-order valence-electron chi connectivity index (χ1n) is 4.46. The van der Waals surface area contributed by atoms with E-state index in [-0.39, 0.29) is 0 Å². The Hall–Kier alpha value is -0.580. The van der Waals surface area contributed by atoms with Gasteiger partial charge in [-0.05, 0) is 46.9 Å². The van der Waals surface area contributed by atoms with Crippen molar-refractivity contribution in [3.05, 3.63) is 33.4 Å². The van der Waals surface area contributed by atoms with E-state index in [0.717, 1.165) is 3.57 Å². The molecular weight excluding hydrogens is 253 g/mol. The molecule has 0 saturated heterocycles. The summed E-state index contributed by atoms with van der Waals surface area (Å²) in [5, 5.41) is 1.91. The predicted molar refractivity (Wildman–Crippen MR) is 52.5 cm³/mol. The molecule has 0 heterocycles. The molecule has 1 N–H and O–H groups in total. The Morgan fingerprint density at radius 3 is 2.73 bits per heavy atom. The van der Waals surface area contributed by atoms with E-state index in [9.17, 15) is 4.79 Å². The molecule has 0 fully saturated rings. The van der Waals surface area contributed by atoms with Gasteiger partial charge in [0.25, 0.3) is 5.91 Å². The van der Waals surface area contributed by atoms with Crippen LogP contribution in [0.25, 0.3) is 0 Å². The summed E-state index contributed by atoms with van der Waals surface area (Å²) < 4.78 is 21.6. The highest BCUT2D eigenvalue weighted by Gasteiger charge is 1.99. The zero-order chi connectivity index (χ0) is 10.8. The van der Waals surface area contributed by atoms with Crippen molar-refractivity contribution in [2.24, 2.45) is 0 Å². The SMILES string of the molecule is [2H]C([2H])([2H])NC(=O)c1ccc(I)cc1. The van der Waals surface area contributed by atoms with E-state index in [0.29, 0.717) is 5.56 Å². The van der Waals surface area contributed by atoms with Crippen LogP contribution in [-0.4, -0.2) is 12.9 Å². The molecule has 0 atom stereocenters. The van der Waals surface area contributed by atoms with Crippen molar-refractivity contribution in [3.63, 3.8) is 0 Å². The van der Waals surface area contributed by atoms with Gasteiger partial charge in [-0.25, -0.2) is 0 Å². The maximum Gasteiger partial charge on any atom is 0.251 e. The van der Waals surface area contributed by atoms with E-state index in [1.54, 1.807) is 24.3 Å². The molecule has 0 bridgehead atoms. The molecule has 1 amide bonds. The van der Waals surface area contributed by atoms with E-state index in [1.807, 2.05) is 5.32 Å². The Balaban J connectivity index is 2.76. The van der Waals surface area contributed by atoms with Crippen LogP contribution in [0.15, 0.2) is 24.3 Å². The molecule has 0 saturated carbocycles. The quantitative estimate of drug-likeness (QED) is 0.768. The van der Waals surface area contributed by atoms with Gasteiger partial charge in [0.15, 0.2) is 0 Å². The Labute approximate surface area is 83.3 Å². The summed E-state index contributed by atoms with van der Waals surface area (Å²) in [6.07, 6.45) is 0. The average Bonchev–Trinajstić information content (AvgIpc) is 2.02. The molecule has 1 rings (SSSR count). The molecule has 0 spiro atoms. The standard InChI is InChI=1S/C8H8INO/c1-10-8(11)6-2-4-7(9)5-3-6/h2-5H,1H3,(H,10,11)/i1D3. The van der Waals surface area contributed by atoms with Crippen LogP contribution in [0.3, 0.4) is 0 Å². The number of carbonyl (C=O) groups excluding carboxylic acids is 1. The number of halogens is 1. The van der Waals surface area contributed by atoms with Crippen molar-refractivity contribution in [3.8, 4) is 0 Å². The van der Waals surface area contributed by atoms with Crippen LogP contribution in [0.4, 0.5) is 0 Å². The molecule has 1 aromatic carbocycles. The number of rotatable bonds is 1. The lowest BCUT2D eigenvalue weighted by atomic mass is 10.2. The van der Waals surface area contributed by atoms with Gasteiger partial charge < -0.3 is 5.32 Å². The third-order valence-corrected chi connectivity index (χ3v) is 1.94. The molecule has 0 radical (unpaired) electrons. The van der Waals surface area contributed by atoms with Gasteiger partial charge in [-0.1, -0.05) is 0 Å². The second kappa shape index (κ2) is 3.71. The summed E-state index contributed by atoms with van der Waals surface area (Å²) in [5.74, 6) is -0.582. The molecule has 11 heavy (non-hydrogen) atoms. The Bertz CT molecular complexity index is 333. The smallest absolute Gasteiger partial charge is 0.251 e. The molecule has 0 aliphatic carbocycles. The van der Waals surface area contributed by atoms with Crippen molar-refractivity contribution in [2.75, 3.05) is 6.98 Å². The first kappa shape index (κ1) is 5.13. The fourth-order valence-electron chi connectivity index (χ4n) is 0.673. The lowest BCUT2D eigenvalue weighted by Crippen LogP contribution is -2.17. The maximum atomic E-state index is 11.3. The summed E-state index contributed by atoms with van der Waals surface area (Å²) in [6, 6.07) is 6.66. The lowest BCUT2D eigenvalue weighted by Gasteiger charge is -1.97. The normalized spacial score (nSPS) is 14.5. The van der Waals surface area contributed by atoms with Gasteiger partial charge in [-0.2, -0.15) is 0 Å². The molecule has 0 unspecified atom stereocenters. The lowest BCUT2D eigenvalue weighted by molar-refractivity contribution is 0.0963. The largest absolute Gasteiger partial charge is 0.355 e. The highest BCUT2D eigenvalue weighted by Crippen LogP contribution is 2.05. The predicted octanol–water partition coefficient (Wildman–Crippen LogP) is 1.65. The van der Waals surface area contributed by atoms with Crippen molar-refractivity contribution in [1.82, 2.24) is 5.32 Å². The number of benzene rings is 1. The van der Waals surface area contributed by atoms with Crippen LogP contribution in [0.1, 0.15) is 14.5 Å². The van der Waals surface area contributed by atoms with Gasteiger partial charge in [0, 0.05) is 20.2 Å². The Morgan fingerprint density at radius 1 is 1.55 bits per heavy atom. The number of hydrogen-bond acceptors (Lipinski definition) is 1. The molecule has 2 nitrogen and oxygen atoms in total. The van der Waals surface area contributed by atoms with E-state index in [2.05, 4.69) is 22.6 Å². The molecular formula is C8H8INO. The third-order valence-electron chi connectivity index (χ3n) is 1.22. The number of hydrogen-bond donors (Lipinski definition) is 1. The second-order valence-corrected chi connectivity index (χ2v) is 3.21. The van der Waals surface area contributed by atoms with Gasteiger partial charge in [-0.15, -0.1) is 0 Å². The Morgan fingerprint density at radius 2 is 2.18 bits per heavy atom. The van der Waals surface area contributed by atoms with E-state index < -0.39 is 12.9 Å². The molecule has 58 valence electrons. The maximum absolute atomic E-state index is 11.3. The summed E-state index contributed by atoms with van der Waals surface area (Å²) in [7, 11) is 0. The van der Waals surface area contributed by atoms with Crippen LogP contribution < -0.4 is 5.32 Å². The summed E-state index contributed by atoms with van der Waals surface area (Å²) >= 11 is 2.11. The topological polar surface area (TPSA) is 29.1 Å². The van der Waals surface area contributed by atoms with E-state index in [4.69, 9.17) is 4.11 Å². The van der Waals surface area contributed by atoms with Crippen molar-refractivity contribution in [1.29, 1.82) is 0 Å². The Kier molecular flexibility index (Phi) is 1.73. The van der Waals surface area contributed by atoms with Crippen molar-refractivity contribution < 1.29 is 8.91 Å². The highest BCUT2D eigenvalue weighted by molar-refractivity contribution is 14.1. The number of carbonyl (C=O) groups is 1. The van der Waals surface area contributed by atoms with Crippen LogP contribution >= 0.6 is 22.6 Å². The van der Waals surface area contributed by atoms with E-state index >= 15 is 0 Å². The fraction of sp³-hybridized carbons (Fsp3) is 0.125. The summed E-state index contributed by atoms with van der Waals surface area (Å²) in [4.78, 5) is 11.3. The first-order chi connectivity index (χ1) is 6.38. The third kappa shape index (κ3) is 2.18. The monoisotopic (exact) mass is 264 g/mol. The molecule has 3 heteroatoms. The number of nitrogens with one attached hydrogen (secondary N) is 1. The van der Waals surface area contributed by atoms with Crippen LogP contribution in [0.2, 0.25) is 0 Å².